The summed E-state index contributed by atoms with van der Waals surface area (Å²) in [5, 5.41) is 9.00. The molecular weight excluding hydrogens is 169 g/mol. The van der Waals surface area contributed by atoms with Crippen molar-refractivity contribution in [2.24, 2.45) is 0 Å². The number of halogens is 3. The second kappa shape index (κ2) is 5.19. The van der Waals surface area contributed by atoms with Gasteiger partial charge in [-0.1, -0.05) is 6.08 Å². The van der Waals surface area contributed by atoms with Gasteiger partial charge in [0, 0.05) is 6.42 Å². The minimum Gasteiger partial charge on any atom is -0.393 e. The molecule has 0 rings (SSSR count). The number of aliphatic hydroxyl groups excluding tert-OH is 1. The summed E-state index contributed by atoms with van der Waals surface area (Å²) < 4.78 is 34.8. The molecule has 0 aliphatic rings. The largest absolute Gasteiger partial charge is 0.393 e. The molecule has 0 aromatic carbocycles. The van der Waals surface area contributed by atoms with E-state index in [2.05, 4.69) is 6.58 Å². The van der Waals surface area contributed by atoms with Crippen LogP contribution in [-0.4, -0.2) is 17.4 Å². The van der Waals surface area contributed by atoms with Gasteiger partial charge in [0.1, 0.15) is 0 Å². The van der Waals surface area contributed by atoms with Crippen LogP contribution in [0.1, 0.15) is 25.7 Å². The van der Waals surface area contributed by atoms with Gasteiger partial charge in [-0.3, -0.25) is 0 Å². The zero-order valence-corrected chi connectivity index (χ0v) is 6.77. The lowest BCUT2D eigenvalue weighted by atomic mass is 10.1. The van der Waals surface area contributed by atoms with Crippen molar-refractivity contribution in [2.45, 2.75) is 38.0 Å². The lowest BCUT2D eigenvalue weighted by Crippen LogP contribution is -2.13. The molecule has 0 bridgehead atoms. The van der Waals surface area contributed by atoms with E-state index in [1.807, 2.05) is 0 Å². The summed E-state index contributed by atoms with van der Waals surface area (Å²) in [6.07, 6.45) is -3.64. The van der Waals surface area contributed by atoms with Gasteiger partial charge in [0.05, 0.1) is 6.10 Å². The summed E-state index contributed by atoms with van der Waals surface area (Å²) in [4.78, 5) is 0. The van der Waals surface area contributed by atoms with Gasteiger partial charge in [-0.05, 0) is 19.3 Å². The summed E-state index contributed by atoms with van der Waals surface area (Å²) in [6, 6.07) is 0. The highest BCUT2D eigenvalue weighted by atomic mass is 19.4. The molecule has 1 atom stereocenters. The summed E-state index contributed by atoms with van der Waals surface area (Å²) in [5.41, 5.74) is 0. The van der Waals surface area contributed by atoms with Gasteiger partial charge in [0.25, 0.3) is 0 Å². The Bertz CT molecular complexity index is 131. The molecule has 0 fully saturated rings. The van der Waals surface area contributed by atoms with Crippen molar-refractivity contribution in [3.8, 4) is 0 Å². The van der Waals surface area contributed by atoms with E-state index in [0.717, 1.165) is 0 Å². The Kier molecular flexibility index (Phi) is 4.97. The van der Waals surface area contributed by atoms with E-state index in [1.54, 1.807) is 6.08 Å². The first-order valence-corrected chi connectivity index (χ1v) is 3.81. The van der Waals surface area contributed by atoms with Crippen molar-refractivity contribution >= 4 is 0 Å². The molecule has 72 valence electrons. The fourth-order valence-electron chi connectivity index (χ4n) is 0.785. The smallest absolute Gasteiger partial charge is 0.389 e. The van der Waals surface area contributed by atoms with Gasteiger partial charge in [0.15, 0.2) is 0 Å². The van der Waals surface area contributed by atoms with Crippen molar-refractivity contribution in [1.29, 1.82) is 0 Å². The van der Waals surface area contributed by atoms with Crippen LogP contribution < -0.4 is 0 Å². The Morgan fingerprint density at radius 1 is 1.33 bits per heavy atom. The number of rotatable bonds is 5. The Labute approximate surface area is 69.9 Å². The number of hydrogen-bond acceptors (Lipinski definition) is 1. The lowest BCUT2D eigenvalue weighted by Gasteiger charge is -2.10. The Morgan fingerprint density at radius 3 is 2.33 bits per heavy atom. The molecule has 0 saturated heterocycles. The van der Waals surface area contributed by atoms with Crippen molar-refractivity contribution in [3.63, 3.8) is 0 Å². The van der Waals surface area contributed by atoms with Gasteiger partial charge in [0.2, 0.25) is 0 Å². The maximum Gasteiger partial charge on any atom is 0.389 e. The molecule has 1 unspecified atom stereocenters. The number of aliphatic hydroxyl groups is 1. The van der Waals surface area contributed by atoms with Crippen LogP contribution in [0.15, 0.2) is 12.7 Å². The number of hydrogen-bond donors (Lipinski definition) is 1. The summed E-state index contributed by atoms with van der Waals surface area (Å²) in [5.74, 6) is 0. The van der Waals surface area contributed by atoms with E-state index in [-0.39, 0.29) is 6.42 Å². The molecule has 0 amide bonds. The molecule has 1 N–H and O–H groups in total. The van der Waals surface area contributed by atoms with Crippen LogP contribution >= 0.6 is 0 Å². The highest BCUT2D eigenvalue weighted by Crippen LogP contribution is 2.23. The molecule has 0 spiro atoms. The minimum absolute atomic E-state index is 0.211. The first-order valence-electron chi connectivity index (χ1n) is 3.81. The molecular formula is C8H13F3O. The Hall–Kier alpha value is -0.510. The van der Waals surface area contributed by atoms with E-state index < -0.39 is 18.7 Å². The predicted molar refractivity (Wildman–Crippen MR) is 40.7 cm³/mol. The van der Waals surface area contributed by atoms with Crippen molar-refractivity contribution < 1.29 is 18.3 Å². The monoisotopic (exact) mass is 182 g/mol. The quantitative estimate of drug-likeness (QED) is 0.648. The third-order valence-corrected chi connectivity index (χ3v) is 1.47. The molecule has 0 aliphatic heterocycles. The zero-order chi connectivity index (χ0) is 9.61. The highest BCUT2D eigenvalue weighted by Gasteiger charge is 2.27. The van der Waals surface area contributed by atoms with E-state index in [9.17, 15) is 13.2 Å². The van der Waals surface area contributed by atoms with Crippen LogP contribution in [0, 0.1) is 0 Å². The van der Waals surface area contributed by atoms with Crippen LogP contribution in [-0.2, 0) is 0 Å². The average molecular weight is 182 g/mol. The molecule has 0 aromatic rings. The van der Waals surface area contributed by atoms with Crippen LogP contribution in [0.4, 0.5) is 13.2 Å². The van der Waals surface area contributed by atoms with Gasteiger partial charge >= 0.3 is 6.18 Å². The first-order chi connectivity index (χ1) is 5.45. The van der Waals surface area contributed by atoms with Gasteiger partial charge in [-0.2, -0.15) is 13.2 Å². The lowest BCUT2D eigenvalue weighted by molar-refractivity contribution is -0.140. The van der Waals surface area contributed by atoms with E-state index in [4.69, 9.17) is 5.11 Å². The zero-order valence-electron chi connectivity index (χ0n) is 6.77. The highest BCUT2D eigenvalue weighted by molar-refractivity contribution is 4.69. The van der Waals surface area contributed by atoms with Crippen LogP contribution in [0.3, 0.4) is 0 Å². The summed E-state index contributed by atoms with van der Waals surface area (Å²) in [7, 11) is 0. The van der Waals surface area contributed by atoms with Gasteiger partial charge in [-0.15, -0.1) is 6.58 Å². The molecule has 0 radical (unpaired) electrons. The number of alkyl halides is 3. The van der Waals surface area contributed by atoms with Crippen LogP contribution in [0.2, 0.25) is 0 Å². The molecule has 0 saturated carbocycles. The van der Waals surface area contributed by atoms with Crippen LogP contribution in [0.25, 0.3) is 0 Å². The summed E-state index contributed by atoms with van der Waals surface area (Å²) in [6.45, 7) is 3.41. The van der Waals surface area contributed by atoms with E-state index in [0.29, 0.717) is 12.8 Å². The second-order valence-electron chi connectivity index (χ2n) is 2.67. The fourth-order valence-corrected chi connectivity index (χ4v) is 0.785. The third kappa shape index (κ3) is 7.60. The van der Waals surface area contributed by atoms with Crippen LogP contribution in [0.5, 0.6) is 0 Å². The normalized spacial score (nSPS) is 14.3. The molecule has 1 nitrogen and oxygen atoms in total. The van der Waals surface area contributed by atoms with Crippen molar-refractivity contribution in [2.75, 3.05) is 0 Å². The standard InChI is InChI=1S/C8H13F3O/c1-2-3-4-7(12)5-6-8(9,10)11/h2,7,12H,1,3-6H2. The predicted octanol–water partition coefficient (Wildman–Crippen LogP) is 2.66. The molecule has 0 aliphatic carbocycles. The second-order valence-corrected chi connectivity index (χ2v) is 2.67. The maximum atomic E-state index is 11.6. The van der Waals surface area contributed by atoms with Gasteiger partial charge < -0.3 is 5.11 Å². The van der Waals surface area contributed by atoms with Crippen molar-refractivity contribution in [3.05, 3.63) is 12.7 Å². The molecule has 4 heteroatoms. The molecule has 12 heavy (non-hydrogen) atoms. The van der Waals surface area contributed by atoms with Gasteiger partial charge in [-0.25, -0.2) is 0 Å². The SMILES string of the molecule is C=CCCC(O)CCC(F)(F)F. The topological polar surface area (TPSA) is 20.2 Å². The number of allylic oxidation sites excluding steroid dienone is 1. The third-order valence-electron chi connectivity index (χ3n) is 1.47. The minimum atomic E-state index is -4.16. The maximum absolute atomic E-state index is 11.6. The van der Waals surface area contributed by atoms with E-state index in [1.165, 1.54) is 0 Å². The Morgan fingerprint density at radius 2 is 1.92 bits per heavy atom. The first kappa shape index (κ1) is 11.5. The van der Waals surface area contributed by atoms with E-state index >= 15 is 0 Å². The Balaban J connectivity index is 3.43. The molecule has 0 heterocycles. The average Bonchev–Trinajstić information content (AvgIpc) is 1.95. The van der Waals surface area contributed by atoms with Crippen molar-refractivity contribution in [1.82, 2.24) is 0 Å². The fraction of sp³-hybridized carbons (Fsp3) is 0.750. The molecule has 0 aromatic heterocycles. The summed E-state index contributed by atoms with van der Waals surface area (Å²) >= 11 is 0.